The molecule has 0 spiro atoms. The van der Waals surface area contributed by atoms with Gasteiger partial charge in [0, 0.05) is 0 Å². The molecule has 5 nitrogen and oxygen atoms in total. The van der Waals surface area contributed by atoms with Gasteiger partial charge in [-0.2, -0.15) is 0 Å². The number of rotatable bonds is 52. The van der Waals surface area contributed by atoms with E-state index in [9.17, 15) is 20.1 Å². The number of aliphatic hydroxyl groups excluding tert-OH is 3. The van der Waals surface area contributed by atoms with E-state index in [1.54, 1.807) is 0 Å². The van der Waals surface area contributed by atoms with Gasteiger partial charge in [0.1, 0.15) is 0 Å². The number of hydrogen-bond donors (Lipinski definition) is 4. The highest BCUT2D eigenvalue weighted by atomic mass is 16.3. The van der Waals surface area contributed by atoms with Crippen molar-refractivity contribution in [2.24, 2.45) is 0 Å². The van der Waals surface area contributed by atoms with Crippen LogP contribution in [0.1, 0.15) is 322 Å². The Morgan fingerprint density at radius 3 is 0.800 bits per heavy atom. The van der Waals surface area contributed by atoms with E-state index in [2.05, 4.69) is 19.2 Å². The quantitative estimate of drug-likeness (QED) is 0.0459. The lowest BCUT2D eigenvalue weighted by Gasteiger charge is -2.23. The van der Waals surface area contributed by atoms with E-state index in [4.69, 9.17) is 0 Å². The minimum Gasteiger partial charge on any atom is -0.394 e. The summed E-state index contributed by atoms with van der Waals surface area (Å²) in [7, 11) is 0. The van der Waals surface area contributed by atoms with Gasteiger partial charge in [-0.05, 0) is 12.8 Å². The zero-order chi connectivity index (χ0) is 43.7. The van der Waals surface area contributed by atoms with Crippen LogP contribution in [-0.4, -0.2) is 46.1 Å². The summed E-state index contributed by atoms with van der Waals surface area (Å²) in [5.74, 6) is -0.276. The zero-order valence-electron chi connectivity index (χ0n) is 41.1. The van der Waals surface area contributed by atoms with Gasteiger partial charge in [-0.1, -0.05) is 303 Å². The highest BCUT2D eigenvalue weighted by Gasteiger charge is 2.21. The van der Waals surface area contributed by atoms with E-state index in [-0.39, 0.29) is 18.9 Å². The predicted molar refractivity (Wildman–Crippen MR) is 264 cm³/mol. The first-order valence-electron chi connectivity index (χ1n) is 27.8. The molecule has 0 aromatic rings. The van der Waals surface area contributed by atoms with Crippen molar-refractivity contribution >= 4 is 5.91 Å². The van der Waals surface area contributed by atoms with Gasteiger partial charge in [0.25, 0.3) is 0 Å². The molecule has 0 radical (unpaired) electrons. The average Bonchev–Trinajstić information content (AvgIpc) is 3.24. The van der Waals surface area contributed by atoms with Crippen LogP contribution < -0.4 is 5.32 Å². The SMILES string of the molecule is CCCCCCCCCCCCCCCCCCCCCCCCCCCCCCCCCC(O)CC(=O)NC(CO)C(O)CCCCCCCCCCCCCCCC. The fraction of sp³-hybridized carbons (Fsp3) is 0.982. The molecule has 0 bridgehead atoms. The molecule has 3 atom stereocenters. The van der Waals surface area contributed by atoms with Crippen LogP contribution in [0, 0.1) is 0 Å². The second-order valence-corrected chi connectivity index (χ2v) is 19.6. The van der Waals surface area contributed by atoms with Gasteiger partial charge >= 0.3 is 0 Å². The number of hydrogen-bond acceptors (Lipinski definition) is 4. The summed E-state index contributed by atoms with van der Waals surface area (Å²) < 4.78 is 0. The van der Waals surface area contributed by atoms with E-state index in [0.29, 0.717) is 12.8 Å². The fourth-order valence-electron chi connectivity index (χ4n) is 9.17. The number of aliphatic hydroxyl groups is 3. The summed E-state index contributed by atoms with van der Waals surface area (Å²) in [4.78, 5) is 12.5. The molecule has 0 aliphatic carbocycles. The van der Waals surface area contributed by atoms with Crippen molar-refractivity contribution < 1.29 is 20.1 Å². The third kappa shape index (κ3) is 46.8. The summed E-state index contributed by atoms with van der Waals surface area (Å²) in [6, 6.07) is -0.653. The molecule has 0 saturated carbocycles. The lowest BCUT2D eigenvalue weighted by atomic mass is 10.0. The average molecular weight is 850 g/mol. The van der Waals surface area contributed by atoms with Crippen molar-refractivity contribution in [1.29, 1.82) is 0 Å². The molecule has 0 aliphatic heterocycles. The van der Waals surface area contributed by atoms with Gasteiger partial charge in [-0.25, -0.2) is 0 Å². The number of nitrogens with one attached hydrogen (secondary N) is 1. The Morgan fingerprint density at radius 1 is 0.350 bits per heavy atom. The molecule has 3 unspecified atom stereocenters. The first-order chi connectivity index (χ1) is 29.5. The fourth-order valence-corrected chi connectivity index (χ4v) is 9.17. The van der Waals surface area contributed by atoms with Crippen LogP contribution in [0.25, 0.3) is 0 Å². The van der Waals surface area contributed by atoms with Gasteiger partial charge in [-0.3, -0.25) is 4.79 Å². The van der Waals surface area contributed by atoms with Crippen molar-refractivity contribution in [2.75, 3.05) is 6.61 Å². The molecule has 0 aromatic heterocycles. The molecule has 0 aliphatic rings. The molecule has 0 saturated heterocycles. The Hall–Kier alpha value is -0.650. The van der Waals surface area contributed by atoms with Crippen LogP contribution in [0.15, 0.2) is 0 Å². The van der Waals surface area contributed by atoms with Gasteiger partial charge in [0.05, 0.1) is 31.3 Å². The largest absolute Gasteiger partial charge is 0.394 e. The minimum atomic E-state index is -0.744. The smallest absolute Gasteiger partial charge is 0.222 e. The van der Waals surface area contributed by atoms with E-state index in [1.165, 1.54) is 263 Å². The maximum Gasteiger partial charge on any atom is 0.222 e. The van der Waals surface area contributed by atoms with Crippen LogP contribution in [0.4, 0.5) is 0 Å². The molecule has 60 heavy (non-hydrogen) atoms. The van der Waals surface area contributed by atoms with Gasteiger partial charge in [0.15, 0.2) is 0 Å². The van der Waals surface area contributed by atoms with Crippen molar-refractivity contribution in [3.63, 3.8) is 0 Å². The number of amides is 1. The van der Waals surface area contributed by atoms with E-state index in [0.717, 1.165) is 25.7 Å². The Morgan fingerprint density at radius 2 is 0.567 bits per heavy atom. The minimum absolute atomic E-state index is 0.0433. The molecule has 360 valence electrons. The third-order valence-corrected chi connectivity index (χ3v) is 13.4. The summed E-state index contributed by atoms with van der Waals surface area (Å²) in [5.41, 5.74) is 0. The lowest BCUT2D eigenvalue weighted by Crippen LogP contribution is -2.46. The summed E-state index contributed by atoms with van der Waals surface area (Å²) in [5, 5.41) is 33.5. The van der Waals surface area contributed by atoms with Crippen molar-refractivity contribution in [2.45, 2.75) is 340 Å². The molecular weight excluding hydrogens is 739 g/mol. The maximum atomic E-state index is 12.5. The van der Waals surface area contributed by atoms with E-state index < -0.39 is 18.2 Å². The lowest BCUT2D eigenvalue weighted by molar-refractivity contribution is -0.125. The first kappa shape index (κ1) is 59.4. The zero-order valence-corrected chi connectivity index (χ0v) is 41.1. The van der Waals surface area contributed by atoms with Crippen LogP contribution >= 0.6 is 0 Å². The molecule has 5 heteroatoms. The van der Waals surface area contributed by atoms with E-state index >= 15 is 0 Å². The third-order valence-electron chi connectivity index (χ3n) is 13.4. The van der Waals surface area contributed by atoms with Crippen LogP contribution in [0.5, 0.6) is 0 Å². The van der Waals surface area contributed by atoms with Crippen molar-refractivity contribution in [3.8, 4) is 0 Å². The monoisotopic (exact) mass is 850 g/mol. The topological polar surface area (TPSA) is 89.8 Å². The molecule has 0 fully saturated rings. The van der Waals surface area contributed by atoms with Crippen molar-refractivity contribution in [1.82, 2.24) is 5.32 Å². The highest BCUT2D eigenvalue weighted by Crippen LogP contribution is 2.18. The standard InChI is InChI=1S/C55H111NO4/c1-3-5-7-9-11-13-15-17-19-20-21-22-23-24-25-26-27-28-29-30-31-32-33-34-35-36-38-40-42-44-46-48-52(58)50-55(60)56-53(51-57)54(59)49-47-45-43-41-39-37-18-16-14-12-10-8-6-4-2/h52-54,57-59H,3-51H2,1-2H3,(H,56,60). The molecule has 0 heterocycles. The van der Waals surface area contributed by atoms with E-state index in [1.807, 2.05) is 0 Å². The maximum absolute atomic E-state index is 12.5. The molecule has 1 amide bonds. The number of carbonyl (C=O) groups is 1. The van der Waals surface area contributed by atoms with Crippen LogP contribution in [0.2, 0.25) is 0 Å². The summed E-state index contributed by atoms with van der Waals surface area (Å²) in [6.45, 7) is 4.30. The normalized spacial score (nSPS) is 13.2. The molecular formula is C55H111NO4. The Kier molecular flexibility index (Phi) is 50.4. The predicted octanol–water partition coefficient (Wildman–Crippen LogP) is 16.9. The molecule has 0 aromatic carbocycles. The van der Waals surface area contributed by atoms with Crippen LogP contribution in [-0.2, 0) is 4.79 Å². The second-order valence-electron chi connectivity index (χ2n) is 19.6. The Labute approximate surface area is 377 Å². The summed E-state index contributed by atoms with van der Waals surface area (Å²) >= 11 is 0. The number of unbranched alkanes of at least 4 members (excludes halogenated alkanes) is 43. The first-order valence-corrected chi connectivity index (χ1v) is 27.8. The second kappa shape index (κ2) is 51.0. The highest BCUT2D eigenvalue weighted by molar-refractivity contribution is 5.76. The number of carbonyl (C=O) groups excluding carboxylic acids is 1. The Bertz CT molecular complexity index is 807. The van der Waals surface area contributed by atoms with Gasteiger partial charge < -0.3 is 20.6 Å². The summed E-state index contributed by atoms with van der Waals surface area (Å²) in [6.07, 6.45) is 61.3. The van der Waals surface area contributed by atoms with Gasteiger partial charge in [-0.15, -0.1) is 0 Å². The molecule has 0 rings (SSSR count). The molecule has 4 N–H and O–H groups in total. The van der Waals surface area contributed by atoms with Crippen molar-refractivity contribution in [3.05, 3.63) is 0 Å². The Balaban J connectivity index is 3.43. The van der Waals surface area contributed by atoms with Gasteiger partial charge in [0.2, 0.25) is 5.91 Å². The van der Waals surface area contributed by atoms with Crippen LogP contribution in [0.3, 0.4) is 0 Å².